The van der Waals surface area contributed by atoms with Gasteiger partial charge in [-0.1, -0.05) is 25.4 Å². The van der Waals surface area contributed by atoms with E-state index in [-0.39, 0.29) is 5.54 Å². The van der Waals surface area contributed by atoms with E-state index in [0.717, 1.165) is 18.8 Å². The molecule has 0 aliphatic carbocycles. The average molecular weight is 297 g/mol. The monoisotopic (exact) mass is 296 g/mol. The summed E-state index contributed by atoms with van der Waals surface area (Å²) >= 11 is 6.13. The van der Waals surface area contributed by atoms with Crippen LogP contribution >= 0.6 is 11.6 Å². The summed E-state index contributed by atoms with van der Waals surface area (Å²) in [7, 11) is 1.66. The molecule has 0 radical (unpaired) electrons. The quantitative estimate of drug-likeness (QED) is 0.923. The average Bonchev–Trinajstić information content (AvgIpc) is 2.37. The number of nitrogens with one attached hydrogen (secondary N) is 1. The molecule has 1 aromatic rings. The van der Waals surface area contributed by atoms with Crippen LogP contribution in [0.15, 0.2) is 18.2 Å². The molecule has 0 aromatic heterocycles. The molecule has 0 spiro atoms. The summed E-state index contributed by atoms with van der Waals surface area (Å²) in [5, 5.41) is 4.29. The van der Waals surface area contributed by atoms with Crippen molar-refractivity contribution in [2.24, 2.45) is 5.92 Å². The molecular weight excluding hydrogens is 272 g/mol. The Balaban J connectivity index is 2.35. The number of benzene rings is 1. The fourth-order valence-electron chi connectivity index (χ4n) is 2.80. The van der Waals surface area contributed by atoms with Gasteiger partial charge < -0.3 is 15.0 Å². The van der Waals surface area contributed by atoms with E-state index in [1.54, 1.807) is 7.11 Å². The summed E-state index contributed by atoms with van der Waals surface area (Å²) in [5.41, 5.74) is 1.29. The molecule has 1 N–H and O–H groups in total. The second-order valence-corrected chi connectivity index (χ2v) is 6.93. The molecule has 1 unspecified atom stereocenters. The third-order valence-electron chi connectivity index (χ3n) is 3.99. The molecule has 20 heavy (non-hydrogen) atoms. The SMILES string of the molecule is COc1cc(N2CC(C)(C)NCC2C(C)C)ccc1Cl. The smallest absolute Gasteiger partial charge is 0.139 e. The van der Waals surface area contributed by atoms with Gasteiger partial charge in [-0.3, -0.25) is 0 Å². The summed E-state index contributed by atoms with van der Waals surface area (Å²) < 4.78 is 5.35. The van der Waals surface area contributed by atoms with E-state index < -0.39 is 0 Å². The highest BCUT2D eigenvalue weighted by Gasteiger charge is 2.34. The summed E-state index contributed by atoms with van der Waals surface area (Å²) in [6.07, 6.45) is 0. The number of hydrogen-bond acceptors (Lipinski definition) is 3. The van der Waals surface area contributed by atoms with Crippen molar-refractivity contribution in [2.45, 2.75) is 39.3 Å². The van der Waals surface area contributed by atoms with Gasteiger partial charge in [-0.05, 0) is 31.9 Å². The maximum atomic E-state index is 6.13. The van der Waals surface area contributed by atoms with Crippen LogP contribution in [0.25, 0.3) is 0 Å². The van der Waals surface area contributed by atoms with Gasteiger partial charge in [0.2, 0.25) is 0 Å². The fourth-order valence-corrected chi connectivity index (χ4v) is 2.99. The van der Waals surface area contributed by atoms with Crippen LogP contribution in [0.4, 0.5) is 5.69 Å². The highest BCUT2D eigenvalue weighted by atomic mass is 35.5. The molecule has 1 aliphatic heterocycles. The molecule has 1 saturated heterocycles. The lowest BCUT2D eigenvalue weighted by atomic mass is 9.92. The summed E-state index contributed by atoms with van der Waals surface area (Å²) in [5.74, 6) is 1.32. The van der Waals surface area contributed by atoms with Gasteiger partial charge in [0.25, 0.3) is 0 Å². The molecule has 1 fully saturated rings. The Hall–Kier alpha value is -0.930. The number of halogens is 1. The van der Waals surface area contributed by atoms with Crippen molar-refractivity contribution in [1.29, 1.82) is 0 Å². The first kappa shape index (κ1) is 15.5. The topological polar surface area (TPSA) is 24.5 Å². The van der Waals surface area contributed by atoms with Crippen molar-refractivity contribution in [3.05, 3.63) is 23.2 Å². The van der Waals surface area contributed by atoms with Crippen LogP contribution in [0.2, 0.25) is 5.02 Å². The van der Waals surface area contributed by atoms with Crippen LogP contribution in [0.1, 0.15) is 27.7 Å². The van der Waals surface area contributed by atoms with E-state index in [4.69, 9.17) is 16.3 Å². The number of piperazine rings is 1. The van der Waals surface area contributed by atoms with Crippen LogP contribution < -0.4 is 15.0 Å². The first-order chi connectivity index (χ1) is 9.34. The maximum absolute atomic E-state index is 6.13. The Morgan fingerprint density at radius 3 is 2.70 bits per heavy atom. The molecule has 2 rings (SSSR count). The third-order valence-corrected chi connectivity index (χ3v) is 4.30. The predicted octanol–water partition coefficient (Wildman–Crippen LogP) is 3.56. The van der Waals surface area contributed by atoms with Gasteiger partial charge in [0.1, 0.15) is 5.75 Å². The lowest BCUT2D eigenvalue weighted by Gasteiger charge is -2.47. The molecule has 3 nitrogen and oxygen atoms in total. The number of anilines is 1. The van der Waals surface area contributed by atoms with Gasteiger partial charge in [-0.2, -0.15) is 0 Å². The number of ether oxygens (including phenoxy) is 1. The van der Waals surface area contributed by atoms with E-state index in [9.17, 15) is 0 Å². The zero-order valence-corrected chi connectivity index (χ0v) is 13.8. The van der Waals surface area contributed by atoms with Crippen molar-refractivity contribution in [3.8, 4) is 5.75 Å². The summed E-state index contributed by atoms with van der Waals surface area (Å²) in [6, 6.07) is 6.53. The molecule has 0 amide bonds. The lowest BCUT2D eigenvalue weighted by Crippen LogP contribution is -2.63. The Labute approximate surface area is 127 Å². The normalized spacial score (nSPS) is 22.1. The predicted molar refractivity (Wildman–Crippen MR) is 86.1 cm³/mol. The zero-order chi connectivity index (χ0) is 14.9. The van der Waals surface area contributed by atoms with E-state index in [1.165, 1.54) is 5.69 Å². The van der Waals surface area contributed by atoms with Crippen molar-refractivity contribution in [1.82, 2.24) is 5.32 Å². The van der Waals surface area contributed by atoms with Gasteiger partial charge in [0.15, 0.2) is 0 Å². The minimum absolute atomic E-state index is 0.109. The van der Waals surface area contributed by atoms with E-state index >= 15 is 0 Å². The van der Waals surface area contributed by atoms with Gasteiger partial charge in [0.05, 0.1) is 12.1 Å². The zero-order valence-electron chi connectivity index (χ0n) is 13.0. The van der Waals surface area contributed by atoms with Crippen molar-refractivity contribution in [2.75, 3.05) is 25.1 Å². The molecule has 0 bridgehead atoms. The standard InChI is InChI=1S/C16H25ClN2O/c1-11(2)14-9-18-16(3,4)10-19(14)12-6-7-13(17)15(8-12)20-5/h6-8,11,14,18H,9-10H2,1-5H3. The highest BCUT2D eigenvalue weighted by molar-refractivity contribution is 6.32. The second-order valence-electron chi connectivity index (χ2n) is 6.52. The van der Waals surface area contributed by atoms with Crippen LogP contribution in [-0.2, 0) is 0 Å². The molecule has 112 valence electrons. The Morgan fingerprint density at radius 2 is 2.10 bits per heavy atom. The molecule has 1 atom stereocenters. The minimum Gasteiger partial charge on any atom is -0.495 e. The summed E-state index contributed by atoms with van der Waals surface area (Å²) in [4.78, 5) is 2.47. The molecule has 1 heterocycles. The Kier molecular flexibility index (Phi) is 4.50. The number of rotatable bonds is 3. The van der Waals surface area contributed by atoms with Crippen LogP contribution in [0.5, 0.6) is 5.75 Å². The highest BCUT2D eigenvalue weighted by Crippen LogP contribution is 2.33. The molecule has 1 aliphatic rings. The molecule has 0 saturated carbocycles. The van der Waals surface area contributed by atoms with E-state index in [2.05, 4.69) is 44.0 Å². The fraction of sp³-hybridized carbons (Fsp3) is 0.625. The lowest BCUT2D eigenvalue weighted by molar-refractivity contribution is 0.277. The van der Waals surface area contributed by atoms with E-state index in [0.29, 0.717) is 17.0 Å². The van der Waals surface area contributed by atoms with Crippen LogP contribution in [-0.4, -0.2) is 31.8 Å². The van der Waals surface area contributed by atoms with Gasteiger partial charge in [-0.25, -0.2) is 0 Å². The van der Waals surface area contributed by atoms with Gasteiger partial charge in [-0.15, -0.1) is 0 Å². The van der Waals surface area contributed by atoms with Crippen molar-refractivity contribution in [3.63, 3.8) is 0 Å². The largest absolute Gasteiger partial charge is 0.495 e. The Bertz CT molecular complexity index is 474. The third kappa shape index (κ3) is 3.21. The number of hydrogen-bond donors (Lipinski definition) is 1. The first-order valence-corrected chi connectivity index (χ1v) is 7.57. The molecule has 4 heteroatoms. The van der Waals surface area contributed by atoms with Crippen molar-refractivity contribution >= 4 is 17.3 Å². The minimum atomic E-state index is 0.109. The van der Waals surface area contributed by atoms with Crippen LogP contribution in [0, 0.1) is 5.92 Å². The first-order valence-electron chi connectivity index (χ1n) is 7.19. The maximum Gasteiger partial charge on any atom is 0.139 e. The van der Waals surface area contributed by atoms with Gasteiger partial charge >= 0.3 is 0 Å². The van der Waals surface area contributed by atoms with E-state index in [1.807, 2.05) is 12.1 Å². The summed E-state index contributed by atoms with van der Waals surface area (Å²) in [6.45, 7) is 11.0. The molecule has 1 aromatic carbocycles. The molecular formula is C16H25ClN2O. The van der Waals surface area contributed by atoms with Gasteiger partial charge in [0, 0.05) is 36.4 Å². The van der Waals surface area contributed by atoms with Crippen LogP contribution in [0.3, 0.4) is 0 Å². The second kappa shape index (κ2) is 5.82. The van der Waals surface area contributed by atoms with Crippen molar-refractivity contribution < 1.29 is 4.74 Å². The Morgan fingerprint density at radius 1 is 1.40 bits per heavy atom. The number of methoxy groups -OCH3 is 1. The number of nitrogens with zero attached hydrogens (tertiary/aromatic N) is 1.